The molecular formula is C15H13ClN2OS. The van der Waals surface area contributed by atoms with Crippen LogP contribution in [0.25, 0.3) is 6.08 Å². The first-order chi connectivity index (χ1) is 9.74. The SMILES string of the molecule is O=C(Cc1cccs1)N/N=C\C(Cl)=C\c1ccccc1. The predicted molar refractivity (Wildman–Crippen MR) is 84.9 cm³/mol. The Morgan fingerprint density at radius 3 is 2.75 bits per heavy atom. The van der Waals surface area contributed by atoms with Crippen LogP contribution in [0.3, 0.4) is 0 Å². The van der Waals surface area contributed by atoms with E-state index in [1.165, 1.54) is 6.21 Å². The number of hydrogen-bond donors (Lipinski definition) is 1. The summed E-state index contributed by atoms with van der Waals surface area (Å²) >= 11 is 7.55. The van der Waals surface area contributed by atoms with E-state index in [-0.39, 0.29) is 5.91 Å². The second kappa shape index (κ2) is 7.62. The number of thiophene rings is 1. The molecule has 2 rings (SSSR count). The number of nitrogens with one attached hydrogen (secondary N) is 1. The van der Waals surface area contributed by atoms with Crippen molar-refractivity contribution in [2.45, 2.75) is 6.42 Å². The Labute approximate surface area is 126 Å². The number of halogens is 1. The third-order valence-electron chi connectivity index (χ3n) is 2.40. The Morgan fingerprint density at radius 1 is 1.25 bits per heavy atom. The number of carbonyl (C=O) groups is 1. The third kappa shape index (κ3) is 4.99. The van der Waals surface area contributed by atoms with Crippen LogP contribution in [0.5, 0.6) is 0 Å². The van der Waals surface area contributed by atoms with Gasteiger partial charge >= 0.3 is 0 Å². The summed E-state index contributed by atoms with van der Waals surface area (Å²) in [5, 5.41) is 6.22. The largest absolute Gasteiger partial charge is 0.273 e. The Hall–Kier alpha value is -1.91. The molecule has 0 aliphatic carbocycles. The highest BCUT2D eigenvalue weighted by Crippen LogP contribution is 2.09. The maximum absolute atomic E-state index is 11.6. The Morgan fingerprint density at radius 2 is 2.05 bits per heavy atom. The molecule has 0 aliphatic rings. The van der Waals surface area contributed by atoms with E-state index in [0.717, 1.165) is 10.4 Å². The molecule has 2 aromatic rings. The molecule has 1 aromatic carbocycles. The topological polar surface area (TPSA) is 41.5 Å². The molecule has 1 amide bonds. The lowest BCUT2D eigenvalue weighted by Crippen LogP contribution is -2.19. The predicted octanol–water partition coefficient (Wildman–Crippen LogP) is 3.67. The van der Waals surface area contributed by atoms with E-state index in [4.69, 9.17) is 11.6 Å². The fourth-order valence-corrected chi connectivity index (χ4v) is 2.40. The fourth-order valence-electron chi connectivity index (χ4n) is 1.52. The zero-order chi connectivity index (χ0) is 14.2. The number of nitrogens with zero attached hydrogens (tertiary/aromatic N) is 1. The van der Waals surface area contributed by atoms with Gasteiger partial charge in [0.1, 0.15) is 0 Å². The molecule has 20 heavy (non-hydrogen) atoms. The summed E-state index contributed by atoms with van der Waals surface area (Å²) in [5.74, 6) is -0.159. The molecule has 0 atom stereocenters. The average Bonchev–Trinajstić information content (AvgIpc) is 2.92. The van der Waals surface area contributed by atoms with Gasteiger partial charge in [-0.3, -0.25) is 4.79 Å². The van der Waals surface area contributed by atoms with Gasteiger partial charge in [0.2, 0.25) is 5.91 Å². The van der Waals surface area contributed by atoms with Gasteiger partial charge in [-0.25, -0.2) is 5.43 Å². The maximum atomic E-state index is 11.6. The first-order valence-corrected chi connectivity index (χ1v) is 7.26. The summed E-state index contributed by atoms with van der Waals surface area (Å²) in [6.45, 7) is 0. The second-order valence-corrected chi connectivity index (χ2v) is 5.46. The number of hydrogen-bond acceptors (Lipinski definition) is 3. The number of amides is 1. The van der Waals surface area contributed by atoms with Gasteiger partial charge in [0, 0.05) is 4.88 Å². The molecule has 5 heteroatoms. The van der Waals surface area contributed by atoms with Crippen LogP contribution in [0.4, 0.5) is 0 Å². The van der Waals surface area contributed by atoms with Crippen LogP contribution >= 0.6 is 22.9 Å². The lowest BCUT2D eigenvalue weighted by atomic mass is 10.2. The zero-order valence-corrected chi connectivity index (χ0v) is 12.2. The first-order valence-electron chi connectivity index (χ1n) is 6.00. The number of rotatable bonds is 5. The smallest absolute Gasteiger partial charge is 0.245 e. The van der Waals surface area contributed by atoms with Crippen molar-refractivity contribution in [1.29, 1.82) is 0 Å². The summed E-state index contributed by atoms with van der Waals surface area (Å²) in [7, 11) is 0. The summed E-state index contributed by atoms with van der Waals surface area (Å²) in [4.78, 5) is 12.6. The highest BCUT2D eigenvalue weighted by Gasteiger charge is 2.02. The van der Waals surface area contributed by atoms with Gasteiger partial charge in [0.05, 0.1) is 17.7 Å². The molecule has 0 radical (unpaired) electrons. The first kappa shape index (κ1) is 14.5. The van der Waals surface area contributed by atoms with Crippen LogP contribution in [0.2, 0.25) is 0 Å². The quantitative estimate of drug-likeness (QED) is 0.664. The minimum absolute atomic E-state index is 0.159. The van der Waals surface area contributed by atoms with Crippen molar-refractivity contribution in [1.82, 2.24) is 5.43 Å². The number of carbonyl (C=O) groups excluding carboxylic acids is 1. The van der Waals surface area contributed by atoms with Crippen LogP contribution < -0.4 is 5.43 Å². The number of hydrazone groups is 1. The minimum Gasteiger partial charge on any atom is -0.273 e. The highest BCUT2D eigenvalue weighted by molar-refractivity contribution is 7.10. The van der Waals surface area contributed by atoms with Gasteiger partial charge in [-0.2, -0.15) is 5.10 Å². The van der Waals surface area contributed by atoms with E-state index in [1.807, 2.05) is 47.8 Å². The molecule has 0 unspecified atom stereocenters. The van der Waals surface area contributed by atoms with E-state index in [1.54, 1.807) is 17.4 Å². The van der Waals surface area contributed by atoms with E-state index in [9.17, 15) is 4.79 Å². The summed E-state index contributed by atoms with van der Waals surface area (Å²) in [6, 6.07) is 13.5. The van der Waals surface area contributed by atoms with E-state index in [0.29, 0.717) is 11.5 Å². The number of allylic oxidation sites excluding steroid dienone is 1. The molecule has 0 aliphatic heterocycles. The molecule has 0 saturated carbocycles. The maximum Gasteiger partial charge on any atom is 0.245 e. The van der Waals surface area contributed by atoms with Crippen LogP contribution in [0, 0.1) is 0 Å². The summed E-state index contributed by atoms with van der Waals surface area (Å²) in [6.07, 6.45) is 3.52. The zero-order valence-electron chi connectivity index (χ0n) is 10.6. The Kier molecular flexibility index (Phi) is 5.53. The summed E-state index contributed by atoms with van der Waals surface area (Å²) < 4.78 is 0. The molecule has 1 heterocycles. The lowest BCUT2D eigenvalue weighted by Gasteiger charge is -1.97. The van der Waals surface area contributed by atoms with Crippen molar-refractivity contribution in [3.63, 3.8) is 0 Å². The van der Waals surface area contributed by atoms with Crippen molar-refractivity contribution in [3.05, 3.63) is 63.3 Å². The number of benzene rings is 1. The lowest BCUT2D eigenvalue weighted by molar-refractivity contribution is -0.120. The monoisotopic (exact) mass is 304 g/mol. The van der Waals surface area contributed by atoms with Crippen molar-refractivity contribution >= 4 is 41.1 Å². The van der Waals surface area contributed by atoms with Gasteiger partial charge in [-0.15, -0.1) is 11.3 Å². The minimum atomic E-state index is -0.159. The molecule has 0 saturated heterocycles. The van der Waals surface area contributed by atoms with E-state index in [2.05, 4.69) is 10.5 Å². The molecule has 102 valence electrons. The van der Waals surface area contributed by atoms with Crippen LogP contribution in [-0.2, 0) is 11.2 Å². The van der Waals surface area contributed by atoms with Gasteiger partial charge in [0.15, 0.2) is 0 Å². The Balaban J connectivity index is 1.84. The van der Waals surface area contributed by atoms with Crippen molar-refractivity contribution in [2.24, 2.45) is 5.10 Å². The van der Waals surface area contributed by atoms with Crippen molar-refractivity contribution in [2.75, 3.05) is 0 Å². The third-order valence-corrected chi connectivity index (χ3v) is 3.48. The Bertz CT molecular complexity index is 606. The van der Waals surface area contributed by atoms with Crippen LogP contribution in [-0.4, -0.2) is 12.1 Å². The molecule has 1 N–H and O–H groups in total. The van der Waals surface area contributed by atoms with Gasteiger partial charge in [-0.1, -0.05) is 48.0 Å². The highest BCUT2D eigenvalue weighted by atomic mass is 35.5. The second-order valence-electron chi connectivity index (χ2n) is 3.99. The van der Waals surface area contributed by atoms with Crippen LogP contribution in [0.15, 0.2) is 58.0 Å². The summed E-state index contributed by atoms with van der Waals surface area (Å²) in [5.41, 5.74) is 3.43. The molecule has 0 bridgehead atoms. The van der Waals surface area contributed by atoms with Gasteiger partial charge in [0.25, 0.3) is 0 Å². The standard InChI is InChI=1S/C15H13ClN2OS/c16-13(9-12-5-2-1-3-6-12)11-17-18-15(19)10-14-7-4-8-20-14/h1-9,11H,10H2,(H,18,19)/b13-9-,17-11-. The molecule has 0 spiro atoms. The average molecular weight is 305 g/mol. The van der Waals surface area contributed by atoms with Gasteiger partial charge < -0.3 is 0 Å². The molecule has 1 aromatic heterocycles. The fraction of sp³-hybridized carbons (Fsp3) is 0.0667. The van der Waals surface area contributed by atoms with Crippen LogP contribution in [0.1, 0.15) is 10.4 Å². The van der Waals surface area contributed by atoms with E-state index < -0.39 is 0 Å². The normalized spacial score (nSPS) is 11.8. The molecule has 0 fully saturated rings. The van der Waals surface area contributed by atoms with Gasteiger partial charge in [-0.05, 0) is 23.1 Å². The van der Waals surface area contributed by atoms with E-state index >= 15 is 0 Å². The van der Waals surface area contributed by atoms with Crippen molar-refractivity contribution in [3.8, 4) is 0 Å². The molecular weight excluding hydrogens is 292 g/mol. The molecule has 3 nitrogen and oxygen atoms in total. The van der Waals surface area contributed by atoms with Crippen molar-refractivity contribution < 1.29 is 4.79 Å².